The van der Waals surface area contributed by atoms with Crippen molar-refractivity contribution in [1.82, 2.24) is 4.72 Å². The molecule has 0 spiro atoms. The van der Waals surface area contributed by atoms with Gasteiger partial charge < -0.3 is 5.73 Å². The summed E-state index contributed by atoms with van der Waals surface area (Å²) < 4.78 is 40.6. The first-order chi connectivity index (χ1) is 9.31. The molecule has 1 fully saturated rings. The quantitative estimate of drug-likeness (QED) is 0.806. The van der Waals surface area contributed by atoms with Crippen LogP contribution in [0.25, 0.3) is 0 Å². The van der Waals surface area contributed by atoms with Crippen molar-refractivity contribution >= 4 is 31.6 Å². The van der Waals surface area contributed by atoms with Crippen LogP contribution in [-0.2, 0) is 10.0 Å². The maximum absolute atomic E-state index is 13.3. The van der Waals surface area contributed by atoms with E-state index in [-0.39, 0.29) is 15.1 Å². The molecule has 0 aliphatic heterocycles. The maximum Gasteiger partial charge on any atom is 0.241 e. The van der Waals surface area contributed by atoms with Gasteiger partial charge in [-0.2, -0.15) is 0 Å². The molecule has 7 heteroatoms. The third-order valence-corrected chi connectivity index (χ3v) is 6.30. The largest absolute Gasteiger partial charge is 0.396 e. The molecule has 112 valence electrons. The second-order valence-corrected chi connectivity index (χ2v) is 7.91. The van der Waals surface area contributed by atoms with Crippen LogP contribution in [0.5, 0.6) is 0 Å². The summed E-state index contributed by atoms with van der Waals surface area (Å²) in [5.74, 6) is 0.251. The smallest absolute Gasteiger partial charge is 0.241 e. The zero-order chi connectivity index (χ0) is 14.9. The van der Waals surface area contributed by atoms with E-state index in [0.717, 1.165) is 31.4 Å². The van der Waals surface area contributed by atoms with Crippen LogP contribution < -0.4 is 10.5 Å². The molecule has 1 aliphatic carbocycles. The SMILES string of the molecule is CC1CCCC1CNS(=O)(=O)c1cc(N)c(F)cc1Br. The summed E-state index contributed by atoms with van der Waals surface area (Å²) in [5.41, 5.74) is 5.26. The fraction of sp³-hybridized carbons (Fsp3) is 0.538. The third kappa shape index (κ3) is 3.32. The van der Waals surface area contributed by atoms with Gasteiger partial charge in [0.2, 0.25) is 10.0 Å². The number of sulfonamides is 1. The Morgan fingerprint density at radius 3 is 2.75 bits per heavy atom. The zero-order valence-corrected chi connectivity index (χ0v) is 13.6. The van der Waals surface area contributed by atoms with Gasteiger partial charge in [-0.1, -0.05) is 19.8 Å². The number of halogens is 2. The fourth-order valence-electron chi connectivity index (χ4n) is 2.57. The third-order valence-electron chi connectivity index (χ3n) is 3.92. The molecule has 0 heterocycles. The number of nitrogen functional groups attached to an aromatic ring is 1. The normalized spacial score (nSPS) is 23.1. The molecule has 4 nitrogen and oxygen atoms in total. The lowest BCUT2D eigenvalue weighted by Gasteiger charge is -2.16. The summed E-state index contributed by atoms with van der Waals surface area (Å²) >= 11 is 3.07. The lowest BCUT2D eigenvalue weighted by molar-refractivity contribution is 0.414. The minimum absolute atomic E-state index is 0.0259. The van der Waals surface area contributed by atoms with Crippen molar-refractivity contribution in [1.29, 1.82) is 0 Å². The van der Waals surface area contributed by atoms with Gasteiger partial charge in [0.1, 0.15) is 5.82 Å². The van der Waals surface area contributed by atoms with Gasteiger partial charge >= 0.3 is 0 Å². The summed E-state index contributed by atoms with van der Waals surface area (Å²) in [6.07, 6.45) is 3.32. The standard InChI is InChI=1S/C13H18BrFN2O2S/c1-8-3-2-4-9(8)7-17-20(18,19)13-6-12(16)11(15)5-10(13)14/h5-6,8-9,17H,2-4,7,16H2,1H3. The molecule has 20 heavy (non-hydrogen) atoms. The molecule has 1 aliphatic rings. The Morgan fingerprint density at radius 2 is 2.15 bits per heavy atom. The molecule has 0 amide bonds. The van der Waals surface area contributed by atoms with E-state index in [1.165, 1.54) is 0 Å². The monoisotopic (exact) mass is 364 g/mol. The number of hydrogen-bond donors (Lipinski definition) is 2. The van der Waals surface area contributed by atoms with Crippen molar-refractivity contribution in [3.8, 4) is 0 Å². The number of hydrogen-bond acceptors (Lipinski definition) is 3. The summed E-state index contributed by atoms with van der Waals surface area (Å²) in [5, 5.41) is 0. The summed E-state index contributed by atoms with van der Waals surface area (Å²) in [7, 11) is -3.68. The molecule has 2 atom stereocenters. The van der Waals surface area contributed by atoms with Gasteiger partial charge in [0.05, 0.1) is 10.6 Å². The maximum atomic E-state index is 13.3. The first kappa shape index (κ1) is 15.7. The molecule has 0 radical (unpaired) electrons. The Labute approximate surface area is 127 Å². The highest BCUT2D eigenvalue weighted by atomic mass is 79.9. The van der Waals surface area contributed by atoms with Crippen LogP contribution in [0.2, 0.25) is 0 Å². The lowest BCUT2D eigenvalue weighted by Crippen LogP contribution is -2.30. The Hall–Kier alpha value is -0.660. The van der Waals surface area contributed by atoms with Crippen molar-refractivity contribution in [3.63, 3.8) is 0 Å². The van der Waals surface area contributed by atoms with Crippen LogP contribution in [0, 0.1) is 17.7 Å². The van der Waals surface area contributed by atoms with E-state index in [2.05, 4.69) is 27.6 Å². The molecule has 1 aromatic carbocycles. The van der Waals surface area contributed by atoms with E-state index in [1.807, 2.05) is 0 Å². The Bertz CT molecular complexity index is 607. The molecule has 3 N–H and O–H groups in total. The van der Waals surface area contributed by atoms with Crippen LogP contribution in [0.15, 0.2) is 21.5 Å². The van der Waals surface area contributed by atoms with E-state index >= 15 is 0 Å². The summed E-state index contributed by atoms with van der Waals surface area (Å²) in [6.45, 7) is 2.55. The second kappa shape index (κ2) is 5.99. The van der Waals surface area contributed by atoms with Gasteiger partial charge in [-0.25, -0.2) is 17.5 Å². The van der Waals surface area contributed by atoms with E-state index < -0.39 is 15.8 Å². The lowest BCUT2D eigenvalue weighted by atomic mass is 9.99. The Balaban J connectivity index is 2.16. The molecule has 1 saturated carbocycles. The van der Waals surface area contributed by atoms with E-state index in [4.69, 9.17) is 5.73 Å². The Kier molecular flexibility index (Phi) is 4.71. The minimum atomic E-state index is -3.68. The topological polar surface area (TPSA) is 72.2 Å². The van der Waals surface area contributed by atoms with Crippen LogP contribution in [0.1, 0.15) is 26.2 Å². The highest BCUT2D eigenvalue weighted by Crippen LogP contribution is 2.31. The highest BCUT2D eigenvalue weighted by Gasteiger charge is 2.26. The number of nitrogens with two attached hydrogens (primary N) is 1. The summed E-state index contributed by atoms with van der Waals surface area (Å²) in [6, 6.07) is 2.21. The van der Waals surface area contributed by atoms with Crippen molar-refractivity contribution in [2.24, 2.45) is 11.8 Å². The highest BCUT2D eigenvalue weighted by molar-refractivity contribution is 9.10. The molecular formula is C13H18BrFN2O2S. The number of nitrogens with one attached hydrogen (secondary N) is 1. The van der Waals surface area contributed by atoms with Crippen molar-refractivity contribution in [2.45, 2.75) is 31.1 Å². The fourth-order valence-corrected chi connectivity index (χ4v) is 4.71. The van der Waals surface area contributed by atoms with E-state index in [0.29, 0.717) is 18.4 Å². The average Bonchev–Trinajstić information content (AvgIpc) is 2.77. The Morgan fingerprint density at radius 1 is 1.45 bits per heavy atom. The minimum Gasteiger partial charge on any atom is -0.396 e. The zero-order valence-electron chi connectivity index (χ0n) is 11.2. The number of benzene rings is 1. The number of anilines is 1. The van der Waals surface area contributed by atoms with Gasteiger partial charge in [-0.15, -0.1) is 0 Å². The molecule has 1 aromatic rings. The molecule has 0 aromatic heterocycles. The van der Waals surface area contributed by atoms with Gasteiger partial charge in [0.15, 0.2) is 0 Å². The van der Waals surface area contributed by atoms with Gasteiger partial charge in [-0.05, 0) is 46.3 Å². The molecule has 2 rings (SSSR count). The predicted octanol–water partition coefficient (Wildman–Crippen LogP) is 2.88. The second-order valence-electron chi connectivity index (χ2n) is 5.32. The first-order valence-corrected chi connectivity index (χ1v) is 8.83. The van der Waals surface area contributed by atoms with Crippen molar-refractivity contribution < 1.29 is 12.8 Å². The van der Waals surface area contributed by atoms with Crippen LogP contribution in [-0.4, -0.2) is 15.0 Å². The van der Waals surface area contributed by atoms with Crippen LogP contribution in [0.4, 0.5) is 10.1 Å². The van der Waals surface area contributed by atoms with E-state index in [9.17, 15) is 12.8 Å². The first-order valence-electron chi connectivity index (χ1n) is 6.55. The van der Waals surface area contributed by atoms with Crippen molar-refractivity contribution in [2.75, 3.05) is 12.3 Å². The van der Waals surface area contributed by atoms with Gasteiger partial charge in [-0.3, -0.25) is 0 Å². The molecule has 0 saturated heterocycles. The molecule has 2 unspecified atom stereocenters. The number of rotatable bonds is 4. The van der Waals surface area contributed by atoms with Crippen molar-refractivity contribution in [3.05, 3.63) is 22.4 Å². The summed E-state index contributed by atoms with van der Waals surface area (Å²) in [4.78, 5) is -0.0259. The predicted molar refractivity (Wildman–Crippen MR) is 80.2 cm³/mol. The molecular weight excluding hydrogens is 347 g/mol. The average molecular weight is 365 g/mol. The van der Waals surface area contributed by atoms with Crippen LogP contribution >= 0.6 is 15.9 Å². The van der Waals surface area contributed by atoms with Gasteiger partial charge in [0, 0.05) is 11.0 Å². The molecule has 0 bridgehead atoms. The van der Waals surface area contributed by atoms with E-state index in [1.54, 1.807) is 0 Å². The van der Waals surface area contributed by atoms with Gasteiger partial charge in [0.25, 0.3) is 0 Å². The van der Waals surface area contributed by atoms with Crippen LogP contribution in [0.3, 0.4) is 0 Å².